The summed E-state index contributed by atoms with van der Waals surface area (Å²) >= 11 is 0. The van der Waals surface area contributed by atoms with Gasteiger partial charge in [-0.05, 0) is 37.4 Å². The predicted octanol–water partition coefficient (Wildman–Crippen LogP) is 5.22. The number of hydrogen-bond acceptors (Lipinski definition) is 3. The molecule has 5 nitrogen and oxygen atoms in total. The molecule has 0 aromatic heterocycles. The second-order valence-electron chi connectivity index (χ2n) is 7.14. The fourth-order valence-corrected chi connectivity index (χ4v) is 5.35. The number of nitrogens with zero attached hydrogens (tertiary/aromatic N) is 3. The van der Waals surface area contributed by atoms with Gasteiger partial charge in [0.05, 0.1) is 10.6 Å². The second-order valence-corrected chi connectivity index (χ2v) is 9.18. The molecule has 0 spiro atoms. The summed E-state index contributed by atoms with van der Waals surface area (Å²) in [6.07, 6.45) is 5.38. The van der Waals surface area contributed by atoms with Crippen molar-refractivity contribution in [2.45, 2.75) is 56.9 Å². The predicted molar refractivity (Wildman–Crippen MR) is 101 cm³/mol. The molecule has 136 valence electrons. The topological polar surface area (TPSA) is 82.9 Å². The molecule has 1 fully saturated rings. The van der Waals surface area contributed by atoms with Gasteiger partial charge in [0, 0.05) is 16.9 Å². The zero-order valence-corrected chi connectivity index (χ0v) is 15.9. The Morgan fingerprint density at radius 3 is 2.40 bits per heavy atom. The minimum atomic E-state index is -3.47. The second kappa shape index (κ2) is 8.54. The number of benzene rings is 1. The largest absolute Gasteiger partial charge is 0.224 e. The van der Waals surface area contributed by atoms with E-state index in [2.05, 4.69) is 16.6 Å². The number of rotatable bonds is 7. The summed E-state index contributed by atoms with van der Waals surface area (Å²) in [4.78, 5) is 3.33. The normalized spacial score (nSPS) is 18.2. The van der Waals surface area contributed by atoms with E-state index in [4.69, 9.17) is 5.53 Å². The summed E-state index contributed by atoms with van der Waals surface area (Å²) in [6, 6.07) is 6.54. The first kappa shape index (κ1) is 19.5. The minimum Gasteiger partial charge on any atom is -0.224 e. The van der Waals surface area contributed by atoms with E-state index in [0.717, 1.165) is 36.8 Å². The Morgan fingerprint density at radius 1 is 1.28 bits per heavy atom. The van der Waals surface area contributed by atoms with Crippen molar-refractivity contribution in [1.82, 2.24) is 0 Å². The van der Waals surface area contributed by atoms with Gasteiger partial charge in [-0.3, -0.25) is 0 Å². The lowest BCUT2D eigenvalue weighted by Crippen LogP contribution is -2.34. The SMILES string of the molecule is C=C(C)[C@@H](CS(=O)(=O)c1ccc(C)cc1)[C@@H](N=[N+]=[N-])C1CCCCC1. The third kappa shape index (κ3) is 5.10. The number of sulfone groups is 1. The molecule has 0 amide bonds. The molecule has 2 rings (SSSR count). The maximum atomic E-state index is 12.9. The molecule has 0 unspecified atom stereocenters. The first-order chi connectivity index (χ1) is 11.8. The molecule has 1 aromatic carbocycles. The lowest BCUT2D eigenvalue weighted by atomic mass is 9.78. The van der Waals surface area contributed by atoms with Gasteiger partial charge in [-0.15, -0.1) is 0 Å². The smallest absolute Gasteiger partial charge is 0.178 e. The van der Waals surface area contributed by atoms with Crippen LogP contribution in [0.25, 0.3) is 10.4 Å². The number of azide groups is 1. The quantitative estimate of drug-likeness (QED) is 0.289. The summed E-state index contributed by atoms with van der Waals surface area (Å²) in [5.41, 5.74) is 10.8. The summed E-state index contributed by atoms with van der Waals surface area (Å²) in [6.45, 7) is 7.75. The van der Waals surface area contributed by atoms with E-state index in [1.807, 2.05) is 13.8 Å². The minimum absolute atomic E-state index is 0.0639. The van der Waals surface area contributed by atoms with E-state index in [1.54, 1.807) is 24.3 Å². The average molecular weight is 362 g/mol. The van der Waals surface area contributed by atoms with Crippen molar-refractivity contribution < 1.29 is 8.42 Å². The van der Waals surface area contributed by atoms with Crippen LogP contribution in [-0.2, 0) is 9.84 Å². The van der Waals surface area contributed by atoms with Gasteiger partial charge >= 0.3 is 0 Å². The summed E-state index contributed by atoms with van der Waals surface area (Å²) < 4.78 is 25.7. The van der Waals surface area contributed by atoms with Crippen molar-refractivity contribution >= 4 is 9.84 Å². The number of hydrogen-bond donors (Lipinski definition) is 0. The molecule has 0 saturated heterocycles. The van der Waals surface area contributed by atoms with Gasteiger partial charge in [-0.1, -0.05) is 67.1 Å². The monoisotopic (exact) mass is 361 g/mol. The fourth-order valence-electron chi connectivity index (χ4n) is 3.65. The highest BCUT2D eigenvalue weighted by Crippen LogP contribution is 2.35. The number of aryl methyl sites for hydroxylation is 1. The molecule has 1 aromatic rings. The van der Waals surface area contributed by atoms with Crippen LogP contribution in [0.4, 0.5) is 0 Å². The Hall–Kier alpha value is -1.78. The third-order valence-corrected chi connectivity index (χ3v) is 6.93. The van der Waals surface area contributed by atoms with Crippen LogP contribution >= 0.6 is 0 Å². The lowest BCUT2D eigenvalue weighted by Gasteiger charge is -2.33. The van der Waals surface area contributed by atoms with Crippen LogP contribution in [0.5, 0.6) is 0 Å². The van der Waals surface area contributed by atoms with E-state index in [0.29, 0.717) is 4.90 Å². The van der Waals surface area contributed by atoms with Crippen molar-refractivity contribution in [1.29, 1.82) is 0 Å². The summed E-state index contributed by atoms with van der Waals surface area (Å²) in [5, 5.41) is 4.02. The Balaban J connectivity index is 2.30. The van der Waals surface area contributed by atoms with Crippen molar-refractivity contribution in [3.05, 3.63) is 52.4 Å². The van der Waals surface area contributed by atoms with E-state index in [-0.39, 0.29) is 23.6 Å². The molecular formula is C19H27N3O2S. The fraction of sp³-hybridized carbons (Fsp3) is 0.579. The van der Waals surface area contributed by atoms with Crippen LogP contribution < -0.4 is 0 Å². The van der Waals surface area contributed by atoms with Crippen LogP contribution in [0.3, 0.4) is 0 Å². The van der Waals surface area contributed by atoms with Crippen LogP contribution in [0.2, 0.25) is 0 Å². The van der Waals surface area contributed by atoms with E-state index in [9.17, 15) is 8.42 Å². The van der Waals surface area contributed by atoms with Gasteiger partial charge in [0.1, 0.15) is 0 Å². The zero-order valence-electron chi connectivity index (χ0n) is 15.1. The molecule has 1 aliphatic carbocycles. The molecule has 0 heterocycles. The standard InChI is InChI=1S/C19H27N3O2S/c1-14(2)18(19(21-22-20)16-7-5-4-6-8-16)13-25(23,24)17-11-9-15(3)10-12-17/h9-12,16,18-19H,1,4-8,13H2,2-3H3/t18-,19+/m1/s1. The average Bonchev–Trinajstić information content (AvgIpc) is 2.59. The molecule has 0 N–H and O–H groups in total. The first-order valence-electron chi connectivity index (χ1n) is 8.84. The molecule has 1 aliphatic rings. The van der Waals surface area contributed by atoms with Gasteiger partial charge in [-0.25, -0.2) is 8.42 Å². The molecule has 25 heavy (non-hydrogen) atoms. The Morgan fingerprint density at radius 2 is 1.88 bits per heavy atom. The van der Waals surface area contributed by atoms with Crippen molar-refractivity contribution in [3.63, 3.8) is 0 Å². The summed E-state index contributed by atoms with van der Waals surface area (Å²) in [7, 11) is -3.47. The van der Waals surface area contributed by atoms with Crippen molar-refractivity contribution in [2.24, 2.45) is 17.0 Å². The molecule has 6 heteroatoms. The van der Waals surface area contributed by atoms with Gasteiger partial charge in [0.2, 0.25) is 0 Å². The van der Waals surface area contributed by atoms with Crippen LogP contribution in [0.15, 0.2) is 46.4 Å². The van der Waals surface area contributed by atoms with Gasteiger partial charge in [0.15, 0.2) is 9.84 Å². The highest BCUT2D eigenvalue weighted by atomic mass is 32.2. The van der Waals surface area contributed by atoms with Gasteiger partial charge in [0.25, 0.3) is 0 Å². The highest BCUT2D eigenvalue weighted by molar-refractivity contribution is 7.91. The molecular weight excluding hydrogens is 334 g/mol. The van der Waals surface area contributed by atoms with Gasteiger partial charge in [-0.2, -0.15) is 0 Å². The first-order valence-corrected chi connectivity index (χ1v) is 10.5. The van der Waals surface area contributed by atoms with Crippen LogP contribution in [0, 0.1) is 18.8 Å². The molecule has 2 atom stereocenters. The summed E-state index contributed by atoms with van der Waals surface area (Å²) in [5.74, 6) is -0.184. The van der Waals surface area contributed by atoms with Gasteiger partial charge < -0.3 is 0 Å². The zero-order chi connectivity index (χ0) is 18.4. The Bertz CT molecular complexity index is 743. The molecule has 0 radical (unpaired) electrons. The van der Waals surface area contributed by atoms with Crippen LogP contribution in [-0.4, -0.2) is 20.2 Å². The molecule has 1 saturated carbocycles. The molecule has 0 aliphatic heterocycles. The Labute approximate surface area is 150 Å². The van der Waals surface area contributed by atoms with Crippen LogP contribution in [0.1, 0.15) is 44.6 Å². The van der Waals surface area contributed by atoms with E-state index in [1.165, 1.54) is 6.42 Å². The Kier molecular flexibility index (Phi) is 6.68. The van der Waals surface area contributed by atoms with E-state index >= 15 is 0 Å². The molecule has 0 bridgehead atoms. The third-order valence-electron chi connectivity index (χ3n) is 5.14. The van der Waals surface area contributed by atoms with E-state index < -0.39 is 9.84 Å². The lowest BCUT2D eigenvalue weighted by molar-refractivity contribution is 0.269. The van der Waals surface area contributed by atoms with Crippen molar-refractivity contribution in [3.8, 4) is 0 Å². The van der Waals surface area contributed by atoms with Crippen molar-refractivity contribution in [2.75, 3.05) is 5.75 Å². The maximum Gasteiger partial charge on any atom is 0.178 e. The highest BCUT2D eigenvalue weighted by Gasteiger charge is 2.33. The maximum absolute atomic E-state index is 12.9.